The highest BCUT2D eigenvalue weighted by Gasteiger charge is 2.31. The quantitative estimate of drug-likeness (QED) is 0.641. The lowest BCUT2D eigenvalue weighted by atomic mass is 10.2. The number of amides is 1. The number of hydrogen-bond donors (Lipinski definition) is 0. The van der Waals surface area contributed by atoms with Gasteiger partial charge in [0.1, 0.15) is 9.88 Å². The third-order valence-corrected chi connectivity index (χ3v) is 7.87. The molecule has 0 atom stereocenters. The largest absolute Gasteiger partial charge is 0.335 e. The van der Waals surface area contributed by atoms with Gasteiger partial charge in [0.05, 0.1) is 11.1 Å². The van der Waals surface area contributed by atoms with Gasteiger partial charge in [0.25, 0.3) is 5.91 Å². The lowest BCUT2D eigenvalue weighted by Crippen LogP contribution is -2.50. The van der Waals surface area contributed by atoms with Gasteiger partial charge >= 0.3 is 0 Å². The summed E-state index contributed by atoms with van der Waals surface area (Å²) in [6.07, 6.45) is 1.60. The van der Waals surface area contributed by atoms with E-state index in [4.69, 9.17) is 0 Å². The first-order valence-corrected chi connectivity index (χ1v) is 11.6. The van der Waals surface area contributed by atoms with Crippen molar-refractivity contribution < 1.29 is 13.2 Å². The minimum absolute atomic E-state index is 0.0999. The second-order valence-electron chi connectivity index (χ2n) is 6.91. The summed E-state index contributed by atoms with van der Waals surface area (Å²) >= 11 is 1.36. The predicted molar refractivity (Wildman–Crippen MR) is 113 cm³/mol. The molecular formula is C21H21N3O3S2. The summed E-state index contributed by atoms with van der Waals surface area (Å²) in [5.74, 6) is -0.0999. The third kappa shape index (κ3) is 4.10. The lowest BCUT2D eigenvalue weighted by molar-refractivity contribution is 0.0702. The van der Waals surface area contributed by atoms with E-state index >= 15 is 0 Å². The lowest BCUT2D eigenvalue weighted by Gasteiger charge is -2.33. The number of carbonyl (C=O) groups is 1. The molecule has 2 heterocycles. The first-order chi connectivity index (χ1) is 13.9. The highest BCUT2D eigenvalue weighted by Crippen LogP contribution is 2.26. The molecule has 0 bridgehead atoms. The first kappa shape index (κ1) is 19.8. The summed E-state index contributed by atoms with van der Waals surface area (Å²) in [6, 6.07) is 16.6. The molecule has 1 saturated heterocycles. The molecule has 1 fully saturated rings. The van der Waals surface area contributed by atoms with Crippen LogP contribution in [-0.4, -0.2) is 54.7 Å². The van der Waals surface area contributed by atoms with E-state index in [-0.39, 0.29) is 23.9 Å². The molecule has 29 heavy (non-hydrogen) atoms. The molecule has 8 heteroatoms. The van der Waals surface area contributed by atoms with E-state index < -0.39 is 10.0 Å². The van der Waals surface area contributed by atoms with Gasteiger partial charge in [-0.1, -0.05) is 48.0 Å². The Balaban J connectivity index is 1.42. The van der Waals surface area contributed by atoms with E-state index in [2.05, 4.69) is 4.98 Å². The fourth-order valence-electron chi connectivity index (χ4n) is 3.23. The molecule has 1 amide bonds. The molecule has 2 aromatic carbocycles. The van der Waals surface area contributed by atoms with Crippen molar-refractivity contribution in [1.82, 2.24) is 14.2 Å². The minimum Gasteiger partial charge on any atom is -0.335 e. The maximum absolute atomic E-state index is 12.8. The van der Waals surface area contributed by atoms with Crippen molar-refractivity contribution in [1.29, 1.82) is 0 Å². The normalized spacial score (nSPS) is 15.4. The monoisotopic (exact) mass is 427 g/mol. The van der Waals surface area contributed by atoms with Crippen LogP contribution in [0.2, 0.25) is 0 Å². The van der Waals surface area contributed by atoms with Crippen molar-refractivity contribution in [2.75, 3.05) is 26.2 Å². The van der Waals surface area contributed by atoms with E-state index in [0.717, 1.165) is 16.1 Å². The number of sulfonamides is 1. The summed E-state index contributed by atoms with van der Waals surface area (Å²) in [7, 11) is -3.54. The van der Waals surface area contributed by atoms with Crippen molar-refractivity contribution in [3.8, 4) is 10.6 Å². The molecule has 0 radical (unpaired) electrons. The highest BCUT2D eigenvalue weighted by molar-refractivity contribution is 7.89. The number of piperazine rings is 1. The van der Waals surface area contributed by atoms with Crippen LogP contribution in [0, 0.1) is 6.92 Å². The van der Waals surface area contributed by atoms with Crippen LogP contribution in [0.15, 0.2) is 65.7 Å². The van der Waals surface area contributed by atoms with Gasteiger partial charge in [-0.05, 0) is 19.1 Å². The number of rotatable bonds is 4. The second kappa shape index (κ2) is 8.06. The Kier molecular flexibility index (Phi) is 5.49. The van der Waals surface area contributed by atoms with Crippen LogP contribution >= 0.6 is 11.3 Å². The molecule has 4 rings (SSSR count). The maximum atomic E-state index is 12.8. The van der Waals surface area contributed by atoms with Crippen LogP contribution < -0.4 is 0 Å². The number of thiazole rings is 1. The van der Waals surface area contributed by atoms with Crippen LogP contribution in [0.5, 0.6) is 0 Å². The molecule has 6 nitrogen and oxygen atoms in total. The van der Waals surface area contributed by atoms with Crippen LogP contribution in [-0.2, 0) is 10.0 Å². The van der Waals surface area contributed by atoms with E-state index in [1.165, 1.54) is 15.6 Å². The van der Waals surface area contributed by atoms with Crippen molar-refractivity contribution in [2.45, 2.75) is 11.8 Å². The fourth-order valence-corrected chi connectivity index (χ4v) is 5.55. The van der Waals surface area contributed by atoms with Gasteiger partial charge in [-0.25, -0.2) is 13.4 Å². The van der Waals surface area contributed by atoms with E-state index in [9.17, 15) is 13.2 Å². The third-order valence-electron chi connectivity index (χ3n) is 4.92. The van der Waals surface area contributed by atoms with Gasteiger partial charge in [-0.3, -0.25) is 4.79 Å². The SMILES string of the molecule is Cc1ccc(S(=O)(=O)N2CCN(C(=O)c3cnc(-c4ccccc4)s3)CC2)cc1. The number of carbonyl (C=O) groups excluding carboxylic acids is 1. The summed E-state index contributed by atoms with van der Waals surface area (Å²) in [4.78, 5) is 19.8. The summed E-state index contributed by atoms with van der Waals surface area (Å²) in [5.41, 5.74) is 1.99. The maximum Gasteiger partial charge on any atom is 0.265 e. The number of nitrogens with zero attached hydrogens (tertiary/aromatic N) is 3. The molecular weight excluding hydrogens is 406 g/mol. The van der Waals surface area contributed by atoms with Crippen molar-refractivity contribution >= 4 is 27.3 Å². The van der Waals surface area contributed by atoms with Gasteiger partial charge in [-0.15, -0.1) is 11.3 Å². The molecule has 3 aromatic rings. The number of benzene rings is 2. The van der Waals surface area contributed by atoms with Crippen LogP contribution in [0.4, 0.5) is 0 Å². The molecule has 0 unspecified atom stereocenters. The Morgan fingerprint density at radius 1 is 0.966 bits per heavy atom. The summed E-state index contributed by atoms with van der Waals surface area (Å²) in [6.45, 7) is 3.22. The predicted octanol–water partition coefficient (Wildman–Crippen LogP) is 3.27. The standard InChI is InChI=1S/C21H21N3O3S2/c1-16-7-9-18(10-8-16)29(26,27)24-13-11-23(12-14-24)21(25)19-15-22-20(28-19)17-5-3-2-4-6-17/h2-10,15H,11-14H2,1H3. The van der Waals surface area contributed by atoms with Gasteiger partial charge in [0.2, 0.25) is 10.0 Å². The Hall–Kier alpha value is -2.55. The molecule has 0 spiro atoms. The smallest absolute Gasteiger partial charge is 0.265 e. The van der Waals surface area contributed by atoms with Crippen LogP contribution in [0.1, 0.15) is 15.2 Å². The Bertz CT molecular complexity index is 1100. The van der Waals surface area contributed by atoms with Gasteiger partial charge in [0.15, 0.2) is 0 Å². The fraction of sp³-hybridized carbons (Fsp3) is 0.238. The van der Waals surface area contributed by atoms with Gasteiger partial charge in [-0.2, -0.15) is 4.31 Å². The topological polar surface area (TPSA) is 70.6 Å². The molecule has 150 valence electrons. The Morgan fingerprint density at radius 3 is 2.28 bits per heavy atom. The molecule has 0 N–H and O–H groups in total. The van der Waals surface area contributed by atoms with Crippen LogP contribution in [0.3, 0.4) is 0 Å². The van der Waals surface area contributed by atoms with E-state index in [1.807, 2.05) is 37.3 Å². The van der Waals surface area contributed by atoms with E-state index in [1.54, 1.807) is 35.4 Å². The van der Waals surface area contributed by atoms with Crippen LogP contribution in [0.25, 0.3) is 10.6 Å². The molecule has 1 aliphatic rings. The first-order valence-electron chi connectivity index (χ1n) is 9.32. The number of aryl methyl sites for hydroxylation is 1. The zero-order valence-electron chi connectivity index (χ0n) is 16.0. The molecule has 0 saturated carbocycles. The second-order valence-corrected chi connectivity index (χ2v) is 9.87. The molecule has 1 aromatic heterocycles. The summed E-state index contributed by atoms with van der Waals surface area (Å²) < 4.78 is 27.1. The zero-order chi connectivity index (χ0) is 20.4. The minimum atomic E-state index is -3.54. The average molecular weight is 428 g/mol. The van der Waals surface area contributed by atoms with Gasteiger partial charge in [0, 0.05) is 31.7 Å². The average Bonchev–Trinajstić information content (AvgIpc) is 3.24. The van der Waals surface area contributed by atoms with E-state index in [0.29, 0.717) is 18.0 Å². The molecule has 1 aliphatic heterocycles. The van der Waals surface area contributed by atoms with Crippen molar-refractivity contribution in [2.24, 2.45) is 0 Å². The zero-order valence-corrected chi connectivity index (χ0v) is 17.6. The number of aromatic nitrogens is 1. The highest BCUT2D eigenvalue weighted by atomic mass is 32.2. The number of hydrogen-bond acceptors (Lipinski definition) is 5. The molecule has 0 aliphatic carbocycles. The van der Waals surface area contributed by atoms with Crippen molar-refractivity contribution in [3.63, 3.8) is 0 Å². The van der Waals surface area contributed by atoms with Gasteiger partial charge < -0.3 is 4.90 Å². The van der Waals surface area contributed by atoms with Crippen molar-refractivity contribution in [3.05, 3.63) is 71.2 Å². The Labute approximate surface area is 174 Å². The Morgan fingerprint density at radius 2 is 1.62 bits per heavy atom. The summed E-state index contributed by atoms with van der Waals surface area (Å²) in [5, 5.41) is 0.800.